The molecule has 0 spiro atoms. The number of amides is 1. The third kappa shape index (κ3) is 5.13. The van der Waals surface area contributed by atoms with Crippen molar-refractivity contribution < 1.29 is 28.2 Å². The fourth-order valence-corrected chi connectivity index (χ4v) is 2.38. The number of nitrogens with zero attached hydrogens (tertiary/aromatic N) is 1. The lowest BCUT2D eigenvalue weighted by Gasteiger charge is -2.04. The molecule has 0 aliphatic heterocycles. The summed E-state index contributed by atoms with van der Waals surface area (Å²) in [5.41, 5.74) is 0.469. The van der Waals surface area contributed by atoms with Crippen LogP contribution >= 0.6 is 11.3 Å². The number of rotatable bonds is 6. The number of hydrogen-bond donors (Lipinski definition) is 1. The van der Waals surface area contributed by atoms with E-state index < -0.39 is 30.3 Å². The molecule has 2 rings (SSSR count). The van der Waals surface area contributed by atoms with Crippen LogP contribution in [0.25, 0.3) is 0 Å². The van der Waals surface area contributed by atoms with Crippen molar-refractivity contribution in [1.29, 1.82) is 0 Å². The number of anilines is 1. The molecule has 0 saturated carbocycles. The summed E-state index contributed by atoms with van der Waals surface area (Å²) in [7, 11) is 1.27. The normalized spacial score (nSPS) is 10.1. The van der Waals surface area contributed by atoms with Crippen LogP contribution in [0.2, 0.25) is 0 Å². The van der Waals surface area contributed by atoms with Gasteiger partial charge in [-0.15, -0.1) is 11.3 Å². The fraction of sp³-hybridized carbons (Fsp3) is 0.200. The highest BCUT2D eigenvalue weighted by Gasteiger charge is 2.13. The van der Waals surface area contributed by atoms with Crippen LogP contribution in [0.15, 0.2) is 29.6 Å². The first-order valence-electron chi connectivity index (χ1n) is 6.71. The van der Waals surface area contributed by atoms with Crippen molar-refractivity contribution in [3.63, 3.8) is 0 Å². The second-order valence-corrected chi connectivity index (χ2v) is 5.39. The summed E-state index contributed by atoms with van der Waals surface area (Å²) < 4.78 is 22.3. The molecule has 1 N–H and O–H groups in total. The minimum Gasteiger partial charge on any atom is -0.469 e. The summed E-state index contributed by atoms with van der Waals surface area (Å²) in [5, 5.41) is 4.30. The van der Waals surface area contributed by atoms with Gasteiger partial charge in [0.25, 0.3) is 5.91 Å². The number of carbonyl (C=O) groups is 3. The van der Waals surface area contributed by atoms with Crippen LogP contribution in [-0.4, -0.2) is 36.5 Å². The number of ether oxygens (including phenoxy) is 2. The molecule has 126 valence electrons. The van der Waals surface area contributed by atoms with Gasteiger partial charge in [0.05, 0.1) is 24.8 Å². The number of nitrogens with one attached hydrogen (secondary N) is 1. The molecule has 1 aromatic carbocycles. The number of halogens is 1. The minimum absolute atomic E-state index is 0.00255. The number of carbonyl (C=O) groups excluding carboxylic acids is 3. The van der Waals surface area contributed by atoms with E-state index in [1.807, 2.05) is 0 Å². The second kappa shape index (κ2) is 8.16. The van der Waals surface area contributed by atoms with Crippen molar-refractivity contribution in [1.82, 2.24) is 4.98 Å². The van der Waals surface area contributed by atoms with Gasteiger partial charge in [0, 0.05) is 5.38 Å². The fourth-order valence-electron chi connectivity index (χ4n) is 1.65. The van der Waals surface area contributed by atoms with Crippen molar-refractivity contribution in [3.8, 4) is 0 Å². The topological polar surface area (TPSA) is 94.6 Å². The van der Waals surface area contributed by atoms with Crippen LogP contribution in [0, 0.1) is 5.82 Å². The van der Waals surface area contributed by atoms with Crippen molar-refractivity contribution in [3.05, 3.63) is 46.7 Å². The molecule has 7 nitrogen and oxygen atoms in total. The summed E-state index contributed by atoms with van der Waals surface area (Å²) in [6.07, 6.45) is -0.00255. The van der Waals surface area contributed by atoms with Gasteiger partial charge >= 0.3 is 11.9 Å². The van der Waals surface area contributed by atoms with E-state index in [4.69, 9.17) is 4.74 Å². The Morgan fingerprint density at radius 1 is 1.33 bits per heavy atom. The van der Waals surface area contributed by atoms with Gasteiger partial charge in [0.2, 0.25) is 0 Å². The Hall–Kier alpha value is -2.81. The SMILES string of the molecule is COC(=O)Cc1csc(NC(=O)COC(=O)c2cccc(F)c2)n1. The van der Waals surface area contributed by atoms with Crippen LogP contribution in [0.1, 0.15) is 16.1 Å². The predicted octanol–water partition coefficient (Wildman–Crippen LogP) is 1.79. The highest BCUT2D eigenvalue weighted by atomic mass is 32.1. The Morgan fingerprint density at radius 2 is 2.12 bits per heavy atom. The zero-order chi connectivity index (χ0) is 17.5. The van der Waals surface area contributed by atoms with Crippen LogP contribution < -0.4 is 5.32 Å². The highest BCUT2D eigenvalue weighted by molar-refractivity contribution is 7.13. The van der Waals surface area contributed by atoms with Crippen LogP contribution in [0.5, 0.6) is 0 Å². The smallest absolute Gasteiger partial charge is 0.338 e. The predicted molar refractivity (Wildman–Crippen MR) is 83.1 cm³/mol. The van der Waals surface area contributed by atoms with Crippen LogP contribution in [0.4, 0.5) is 9.52 Å². The van der Waals surface area contributed by atoms with Gasteiger partial charge in [-0.3, -0.25) is 14.9 Å². The lowest BCUT2D eigenvalue weighted by molar-refractivity contribution is -0.139. The molecule has 24 heavy (non-hydrogen) atoms. The zero-order valence-electron chi connectivity index (χ0n) is 12.6. The van der Waals surface area contributed by atoms with Crippen molar-refractivity contribution in [2.24, 2.45) is 0 Å². The van der Waals surface area contributed by atoms with E-state index in [1.54, 1.807) is 5.38 Å². The lowest BCUT2D eigenvalue weighted by Crippen LogP contribution is -2.21. The highest BCUT2D eigenvalue weighted by Crippen LogP contribution is 2.16. The first kappa shape index (κ1) is 17.5. The Morgan fingerprint density at radius 3 is 2.83 bits per heavy atom. The number of methoxy groups -OCH3 is 1. The van der Waals surface area contributed by atoms with Crippen LogP contribution in [0.3, 0.4) is 0 Å². The molecular weight excluding hydrogens is 339 g/mol. The van der Waals surface area contributed by atoms with E-state index in [1.165, 1.54) is 25.3 Å². The molecule has 0 saturated heterocycles. The van der Waals surface area contributed by atoms with Gasteiger partial charge in [-0.1, -0.05) is 6.07 Å². The van der Waals surface area contributed by atoms with Crippen molar-refractivity contribution in [2.75, 3.05) is 19.0 Å². The number of esters is 2. The van der Waals surface area contributed by atoms with Gasteiger partial charge in [-0.05, 0) is 18.2 Å². The standard InChI is InChI=1S/C15H13FN2O5S/c1-22-13(20)6-11-8-24-15(17-11)18-12(19)7-23-14(21)9-3-2-4-10(16)5-9/h2-5,8H,6-7H2,1H3,(H,17,18,19). The van der Waals surface area contributed by atoms with Crippen LogP contribution in [-0.2, 0) is 25.5 Å². The molecule has 1 heterocycles. The molecule has 9 heteroatoms. The Balaban J connectivity index is 1.83. The third-order valence-electron chi connectivity index (χ3n) is 2.75. The molecule has 0 fully saturated rings. The third-order valence-corrected chi connectivity index (χ3v) is 3.55. The summed E-state index contributed by atoms with van der Waals surface area (Å²) in [6, 6.07) is 4.95. The molecule has 0 unspecified atom stereocenters. The van der Waals surface area contributed by atoms with Crippen molar-refractivity contribution >= 4 is 34.3 Å². The van der Waals surface area contributed by atoms with E-state index >= 15 is 0 Å². The number of hydrogen-bond acceptors (Lipinski definition) is 7. The molecule has 1 amide bonds. The maximum Gasteiger partial charge on any atom is 0.338 e. The van der Waals surface area contributed by atoms with E-state index in [0.29, 0.717) is 5.69 Å². The lowest BCUT2D eigenvalue weighted by atomic mass is 10.2. The van der Waals surface area contributed by atoms with E-state index in [2.05, 4.69) is 15.0 Å². The molecule has 0 bridgehead atoms. The molecular formula is C15H13FN2O5S. The number of benzene rings is 1. The van der Waals surface area contributed by atoms with Gasteiger partial charge < -0.3 is 9.47 Å². The maximum absolute atomic E-state index is 13.0. The summed E-state index contributed by atoms with van der Waals surface area (Å²) in [4.78, 5) is 38.5. The van der Waals surface area contributed by atoms with Gasteiger partial charge in [0.15, 0.2) is 11.7 Å². The Kier molecular flexibility index (Phi) is 5.96. The molecule has 0 aliphatic rings. The maximum atomic E-state index is 13.0. The first-order chi connectivity index (χ1) is 11.5. The molecule has 0 aliphatic carbocycles. The average molecular weight is 352 g/mol. The largest absolute Gasteiger partial charge is 0.469 e. The van der Waals surface area contributed by atoms with E-state index in [0.717, 1.165) is 17.4 Å². The zero-order valence-corrected chi connectivity index (χ0v) is 13.4. The number of aromatic nitrogens is 1. The molecule has 0 radical (unpaired) electrons. The minimum atomic E-state index is -0.810. The second-order valence-electron chi connectivity index (χ2n) is 4.53. The summed E-state index contributed by atoms with van der Waals surface area (Å²) in [6.45, 7) is -0.540. The molecule has 0 atom stereocenters. The monoisotopic (exact) mass is 352 g/mol. The summed E-state index contributed by atoms with van der Waals surface area (Å²) >= 11 is 1.12. The van der Waals surface area contributed by atoms with Gasteiger partial charge in [-0.2, -0.15) is 0 Å². The average Bonchev–Trinajstić information content (AvgIpc) is 2.99. The quantitative estimate of drug-likeness (QED) is 0.797. The van der Waals surface area contributed by atoms with E-state index in [-0.39, 0.29) is 17.1 Å². The van der Waals surface area contributed by atoms with Gasteiger partial charge in [-0.25, -0.2) is 14.2 Å². The molecule has 1 aromatic heterocycles. The first-order valence-corrected chi connectivity index (χ1v) is 7.59. The van der Waals surface area contributed by atoms with Crippen molar-refractivity contribution in [2.45, 2.75) is 6.42 Å². The molecule has 2 aromatic rings. The summed E-state index contributed by atoms with van der Waals surface area (Å²) in [5.74, 6) is -2.43. The Labute approximate surface area is 140 Å². The van der Waals surface area contributed by atoms with Gasteiger partial charge in [0.1, 0.15) is 5.82 Å². The van der Waals surface area contributed by atoms with E-state index in [9.17, 15) is 18.8 Å². The number of thiazole rings is 1. The Bertz CT molecular complexity index is 762.